The lowest BCUT2D eigenvalue weighted by atomic mass is 9.89. The van der Waals surface area contributed by atoms with Crippen LogP contribution in [0.2, 0.25) is 0 Å². The first kappa shape index (κ1) is 11.4. The summed E-state index contributed by atoms with van der Waals surface area (Å²) in [6.07, 6.45) is 4.54. The molecule has 4 rings (SSSR count). The Balaban J connectivity index is 2.17. The molecule has 19 heavy (non-hydrogen) atoms. The SMILES string of the molecule is O=C1CNc2c3c(nc4c(Br)ccc1c24)CCCC3. The Morgan fingerprint density at radius 1 is 1.21 bits per heavy atom. The molecule has 0 saturated heterocycles. The minimum absolute atomic E-state index is 0.155. The molecule has 0 fully saturated rings. The monoisotopic (exact) mass is 316 g/mol. The molecule has 1 aromatic carbocycles. The number of hydrogen-bond donors (Lipinski definition) is 1. The maximum atomic E-state index is 12.0. The summed E-state index contributed by atoms with van der Waals surface area (Å²) in [6.45, 7) is 0.403. The van der Waals surface area contributed by atoms with Crippen molar-refractivity contribution in [1.82, 2.24) is 4.98 Å². The minimum Gasteiger partial charge on any atom is -0.377 e. The number of ketones is 1. The summed E-state index contributed by atoms with van der Waals surface area (Å²) in [5.74, 6) is 0.155. The van der Waals surface area contributed by atoms with Crippen molar-refractivity contribution in [2.45, 2.75) is 25.7 Å². The molecule has 4 heteroatoms. The topological polar surface area (TPSA) is 42.0 Å². The van der Waals surface area contributed by atoms with Gasteiger partial charge in [-0.15, -0.1) is 0 Å². The van der Waals surface area contributed by atoms with Gasteiger partial charge in [-0.3, -0.25) is 9.78 Å². The van der Waals surface area contributed by atoms with Gasteiger partial charge >= 0.3 is 0 Å². The lowest BCUT2D eigenvalue weighted by Gasteiger charge is -2.25. The highest BCUT2D eigenvalue weighted by Gasteiger charge is 2.26. The third kappa shape index (κ3) is 1.56. The van der Waals surface area contributed by atoms with Gasteiger partial charge in [0.2, 0.25) is 0 Å². The van der Waals surface area contributed by atoms with Gasteiger partial charge < -0.3 is 5.32 Å². The fourth-order valence-corrected chi connectivity index (χ4v) is 3.61. The zero-order valence-electron chi connectivity index (χ0n) is 10.4. The van der Waals surface area contributed by atoms with Crippen LogP contribution in [0.4, 0.5) is 5.69 Å². The fraction of sp³-hybridized carbons (Fsp3) is 0.333. The highest BCUT2D eigenvalue weighted by atomic mass is 79.9. The number of benzene rings is 1. The summed E-state index contributed by atoms with van der Waals surface area (Å²) < 4.78 is 0.970. The predicted octanol–water partition coefficient (Wildman–Crippen LogP) is 3.48. The van der Waals surface area contributed by atoms with Crippen molar-refractivity contribution in [3.05, 3.63) is 33.4 Å². The van der Waals surface area contributed by atoms with Gasteiger partial charge in [0.05, 0.1) is 12.1 Å². The van der Waals surface area contributed by atoms with Crippen LogP contribution >= 0.6 is 15.9 Å². The summed E-state index contributed by atoms with van der Waals surface area (Å²) >= 11 is 3.56. The Hall–Kier alpha value is -1.42. The molecule has 2 heterocycles. The smallest absolute Gasteiger partial charge is 0.182 e. The maximum Gasteiger partial charge on any atom is 0.182 e. The van der Waals surface area contributed by atoms with Gasteiger partial charge in [0.1, 0.15) is 0 Å². The number of fused-ring (bicyclic) bond motifs is 2. The molecule has 2 aliphatic rings. The molecule has 0 spiro atoms. The lowest BCUT2D eigenvalue weighted by molar-refractivity contribution is 0.101. The van der Waals surface area contributed by atoms with Crippen molar-refractivity contribution in [1.29, 1.82) is 0 Å². The van der Waals surface area contributed by atoms with E-state index in [1.54, 1.807) is 0 Å². The molecule has 0 atom stereocenters. The fourth-order valence-electron chi connectivity index (χ4n) is 3.19. The van der Waals surface area contributed by atoms with Crippen molar-refractivity contribution < 1.29 is 4.79 Å². The van der Waals surface area contributed by atoms with Gasteiger partial charge in [-0.2, -0.15) is 0 Å². The molecule has 1 aliphatic heterocycles. The highest BCUT2D eigenvalue weighted by molar-refractivity contribution is 9.10. The van der Waals surface area contributed by atoms with Crippen LogP contribution in [0.15, 0.2) is 16.6 Å². The second-order valence-corrected chi connectivity index (χ2v) is 6.07. The van der Waals surface area contributed by atoms with Crippen LogP contribution in [0.3, 0.4) is 0 Å². The second kappa shape index (κ2) is 4.04. The number of hydrogen-bond acceptors (Lipinski definition) is 3. The van der Waals surface area contributed by atoms with E-state index in [0.717, 1.165) is 39.5 Å². The molecule has 0 unspecified atom stereocenters. The van der Waals surface area contributed by atoms with Crippen LogP contribution in [0.1, 0.15) is 34.5 Å². The zero-order valence-corrected chi connectivity index (χ0v) is 12.0. The van der Waals surface area contributed by atoms with Gasteiger partial charge in [0, 0.05) is 26.8 Å². The van der Waals surface area contributed by atoms with E-state index in [0.29, 0.717) is 6.54 Å². The molecule has 0 amide bonds. The molecule has 1 N–H and O–H groups in total. The Morgan fingerprint density at radius 3 is 2.95 bits per heavy atom. The van der Waals surface area contributed by atoms with Crippen LogP contribution in [-0.2, 0) is 12.8 Å². The van der Waals surface area contributed by atoms with E-state index in [9.17, 15) is 4.79 Å². The summed E-state index contributed by atoms with van der Waals surface area (Å²) in [5.41, 5.74) is 5.41. The van der Waals surface area contributed by atoms with Crippen LogP contribution in [-0.4, -0.2) is 17.3 Å². The number of aryl methyl sites for hydroxylation is 1. The number of Topliss-reactive ketones (excluding diaryl/α,β-unsaturated/α-hetero) is 1. The average Bonchev–Trinajstić information content (AvgIpc) is 2.44. The molecule has 1 aliphatic carbocycles. The third-order valence-corrected chi connectivity index (χ3v) is 4.73. The Kier molecular flexibility index (Phi) is 2.42. The molecule has 0 saturated carbocycles. The van der Waals surface area contributed by atoms with Gasteiger partial charge in [-0.1, -0.05) is 0 Å². The van der Waals surface area contributed by atoms with Crippen molar-refractivity contribution in [3.63, 3.8) is 0 Å². The van der Waals surface area contributed by atoms with Crippen LogP contribution < -0.4 is 5.32 Å². The first-order chi connectivity index (χ1) is 9.25. The van der Waals surface area contributed by atoms with Crippen molar-refractivity contribution in [2.24, 2.45) is 0 Å². The van der Waals surface area contributed by atoms with E-state index in [1.165, 1.54) is 24.1 Å². The number of nitrogens with one attached hydrogen (secondary N) is 1. The number of rotatable bonds is 0. The number of carbonyl (C=O) groups excluding carboxylic acids is 1. The molecular weight excluding hydrogens is 304 g/mol. The number of carbonyl (C=O) groups is 1. The minimum atomic E-state index is 0.155. The van der Waals surface area contributed by atoms with Gasteiger partial charge in [-0.05, 0) is 59.3 Å². The molecule has 2 aromatic rings. The first-order valence-electron chi connectivity index (χ1n) is 6.67. The molecular formula is C15H13BrN2O. The van der Waals surface area contributed by atoms with Gasteiger partial charge in [0.25, 0.3) is 0 Å². The standard InChI is InChI=1S/C15H13BrN2O/c16-10-6-5-9-12(19)7-17-14-8-3-1-2-4-11(8)18-15(10)13(9)14/h5-6,17H,1-4,7H2. The quantitative estimate of drug-likeness (QED) is 0.809. The number of aromatic nitrogens is 1. The van der Waals surface area contributed by atoms with E-state index in [-0.39, 0.29) is 5.78 Å². The average molecular weight is 317 g/mol. The largest absolute Gasteiger partial charge is 0.377 e. The van der Waals surface area contributed by atoms with E-state index >= 15 is 0 Å². The van der Waals surface area contributed by atoms with Crippen LogP contribution in [0.5, 0.6) is 0 Å². The Morgan fingerprint density at radius 2 is 2.05 bits per heavy atom. The third-order valence-electron chi connectivity index (χ3n) is 4.09. The number of halogens is 1. The number of anilines is 1. The van der Waals surface area contributed by atoms with E-state index in [1.807, 2.05) is 12.1 Å². The van der Waals surface area contributed by atoms with E-state index in [4.69, 9.17) is 4.98 Å². The summed E-state index contributed by atoms with van der Waals surface area (Å²) in [4.78, 5) is 16.9. The van der Waals surface area contributed by atoms with Gasteiger partial charge in [0.15, 0.2) is 5.78 Å². The molecule has 1 aromatic heterocycles. The first-order valence-corrected chi connectivity index (χ1v) is 7.46. The van der Waals surface area contributed by atoms with Gasteiger partial charge in [-0.25, -0.2) is 0 Å². The van der Waals surface area contributed by atoms with Crippen molar-refractivity contribution >= 4 is 38.3 Å². The Bertz CT molecular complexity index is 724. The van der Waals surface area contributed by atoms with Crippen LogP contribution in [0, 0.1) is 0 Å². The molecule has 3 nitrogen and oxygen atoms in total. The summed E-state index contributed by atoms with van der Waals surface area (Å²) in [7, 11) is 0. The van der Waals surface area contributed by atoms with Crippen molar-refractivity contribution in [2.75, 3.05) is 11.9 Å². The normalized spacial score (nSPS) is 17.2. The van der Waals surface area contributed by atoms with Crippen LogP contribution in [0.25, 0.3) is 10.9 Å². The van der Waals surface area contributed by atoms with Crippen molar-refractivity contribution in [3.8, 4) is 0 Å². The molecule has 96 valence electrons. The number of pyridine rings is 1. The Labute approximate surface area is 119 Å². The summed E-state index contributed by atoms with van der Waals surface area (Å²) in [5, 5.41) is 4.33. The predicted molar refractivity (Wildman–Crippen MR) is 78.9 cm³/mol. The zero-order chi connectivity index (χ0) is 13.0. The van der Waals surface area contributed by atoms with E-state index < -0.39 is 0 Å². The van der Waals surface area contributed by atoms with E-state index in [2.05, 4.69) is 21.2 Å². The highest BCUT2D eigenvalue weighted by Crippen LogP contribution is 2.39. The lowest BCUT2D eigenvalue weighted by Crippen LogP contribution is -2.23. The maximum absolute atomic E-state index is 12.0. The summed E-state index contributed by atoms with van der Waals surface area (Å²) in [6, 6.07) is 3.85. The molecule has 0 bridgehead atoms. The number of nitrogens with zero attached hydrogens (tertiary/aromatic N) is 1. The molecule has 0 radical (unpaired) electrons. The second-order valence-electron chi connectivity index (χ2n) is 5.21.